The van der Waals surface area contributed by atoms with E-state index in [0.717, 1.165) is 17.3 Å². The fraction of sp³-hybridized carbons (Fsp3) is 1.00. The summed E-state index contributed by atoms with van der Waals surface area (Å²) < 4.78 is 1.10. The van der Waals surface area contributed by atoms with Gasteiger partial charge in [0, 0.05) is 0 Å². The number of unbranched alkanes of at least 4 members (excludes halogenated alkanes) is 13. The van der Waals surface area contributed by atoms with E-state index in [1.807, 2.05) is 0 Å². The molecule has 0 heterocycles. The second-order valence-corrected chi connectivity index (χ2v) is 8.59. The molecule has 0 aromatic carbocycles. The molecule has 0 radical (unpaired) electrons. The first-order valence-corrected chi connectivity index (χ1v) is 10.5. The van der Waals surface area contributed by atoms with Crippen LogP contribution in [0.4, 0.5) is 0 Å². The summed E-state index contributed by atoms with van der Waals surface area (Å²) in [5.41, 5.74) is 0. The highest BCUT2D eigenvalue weighted by Crippen LogP contribution is 2.14. The van der Waals surface area contributed by atoms with E-state index in [-0.39, 0.29) is 6.61 Å². The molecule has 3 nitrogen and oxygen atoms in total. The van der Waals surface area contributed by atoms with Gasteiger partial charge in [-0.2, -0.15) is 0 Å². The molecule has 0 aliphatic heterocycles. The van der Waals surface area contributed by atoms with Crippen molar-refractivity contribution in [3.63, 3.8) is 0 Å². The standard InChI is InChI=1S/C21H46NO2/c1-22(2,3)19-17-15-13-11-9-7-5-4-6-8-10-12-14-16-18-21(24)20-23/h21,23-24H,4-20H2,1-3H3/q+1. The molecule has 0 aromatic heterocycles. The van der Waals surface area contributed by atoms with Crippen LogP contribution < -0.4 is 0 Å². The first kappa shape index (κ1) is 23.9. The quantitative estimate of drug-likeness (QED) is 0.274. The molecule has 1 unspecified atom stereocenters. The first-order chi connectivity index (χ1) is 11.5. The average molecular weight is 345 g/mol. The zero-order valence-corrected chi connectivity index (χ0v) is 16.9. The molecule has 2 N–H and O–H groups in total. The number of quaternary nitrogens is 1. The molecule has 24 heavy (non-hydrogen) atoms. The van der Waals surface area contributed by atoms with Gasteiger partial charge in [-0.3, -0.25) is 0 Å². The van der Waals surface area contributed by atoms with Gasteiger partial charge in [-0.05, 0) is 19.3 Å². The zero-order valence-electron chi connectivity index (χ0n) is 16.9. The van der Waals surface area contributed by atoms with E-state index in [1.165, 1.54) is 90.0 Å². The van der Waals surface area contributed by atoms with Crippen molar-refractivity contribution >= 4 is 0 Å². The molecule has 3 heteroatoms. The second-order valence-electron chi connectivity index (χ2n) is 8.59. The van der Waals surface area contributed by atoms with Crippen molar-refractivity contribution in [2.75, 3.05) is 34.3 Å². The number of hydrogen-bond donors (Lipinski definition) is 2. The van der Waals surface area contributed by atoms with Gasteiger partial charge < -0.3 is 14.7 Å². The Morgan fingerprint density at radius 1 is 0.583 bits per heavy atom. The molecule has 0 amide bonds. The van der Waals surface area contributed by atoms with Gasteiger partial charge in [-0.25, -0.2) is 0 Å². The fourth-order valence-electron chi connectivity index (χ4n) is 3.18. The van der Waals surface area contributed by atoms with Gasteiger partial charge in [0.05, 0.1) is 40.4 Å². The molecule has 0 rings (SSSR count). The summed E-state index contributed by atoms with van der Waals surface area (Å²) in [6.07, 6.45) is 19.2. The van der Waals surface area contributed by atoms with E-state index in [0.29, 0.717) is 0 Å². The number of aliphatic hydroxyl groups is 2. The second kappa shape index (κ2) is 16.4. The molecular weight excluding hydrogens is 298 g/mol. The van der Waals surface area contributed by atoms with E-state index >= 15 is 0 Å². The lowest BCUT2D eigenvalue weighted by Crippen LogP contribution is -2.35. The molecule has 0 aliphatic rings. The summed E-state index contributed by atoms with van der Waals surface area (Å²) in [7, 11) is 6.84. The van der Waals surface area contributed by atoms with Gasteiger partial charge in [0.15, 0.2) is 0 Å². The van der Waals surface area contributed by atoms with Crippen molar-refractivity contribution in [3.8, 4) is 0 Å². The number of rotatable bonds is 18. The third-order valence-electron chi connectivity index (χ3n) is 4.83. The predicted octanol–water partition coefficient (Wildman–Crippen LogP) is 4.90. The number of nitrogens with zero attached hydrogens (tertiary/aromatic N) is 1. The van der Waals surface area contributed by atoms with Crippen molar-refractivity contribution < 1.29 is 14.7 Å². The lowest BCUT2D eigenvalue weighted by Gasteiger charge is -2.23. The Labute approximate surface area is 152 Å². The maximum atomic E-state index is 9.24. The summed E-state index contributed by atoms with van der Waals surface area (Å²) >= 11 is 0. The Morgan fingerprint density at radius 3 is 1.25 bits per heavy atom. The summed E-state index contributed by atoms with van der Waals surface area (Å²) in [5.74, 6) is 0. The number of hydrogen-bond acceptors (Lipinski definition) is 2. The molecule has 0 aromatic rings. The fourth-order valence-corrected chi connectivity index (χ4v) is 3.18. The van der Waals surface area contributed by atoms with Gasteiger partial charge in [-0.15, -0.1) is 0 Å². The lowest BCUT2D eigenvalue weighted by atomic mass is 10.0. The van der Waals surface area contributed by atoms with Crippen LogP contribution in [0.25, 0.3) is 0 Å². The highest BCUT2D eigenvalue weighted by molar-refractivity contribution is 4.54. The molecule has 1 atom stereocenters. The van der Waals surface area contributed by atoms with Crippen LogP contribution in [-0.2, 0) is 0 Å². The largest absolute Gasteiger partial charge is 0.394 e. The van der Waals surface area contributed by atoms with E-state index in [9.17, 15) is 5.11 Å². The molecule has 0 saturated heterocycles. The Hall–Kier alpha value is -0.120. The van der Waals surface area contributed by atoms with Gasteiger partial charge >= 0.3 is 0 Å². The summed E-state index contributed by atoms with van der Waals surface area (Å²) in [6, 6.07) is 0. The van der Waals surface area contributed by atoms with Gasteiger partial charge in [0.1, 0.15) is 0 Å². The molecular formula is C21H46NO2+. The molecule has 0 aliphatic carbocycles. The molecule has 0 saturated carbocycles. The van der Waals surface area contributed by atoms with Gasteiger partial charge in [0.2, 0.25) is 0 Å². The molecule has 0 spiro atoms. The smallest absolute Gasteiger partial charge is 0.0780 e. The van der Waals surface area contributed by atoms with Crippen LogP contribution in [0.15, 0.2) is 0 Å². The van der Waals surface area contributed by atoms with Crippen LogP contribution in [0.2, 0.25) is 0 Å². The van der Waals surface area contributed by atoms with Crippen LogP contribution in [0, 0.1) is 0 Å². The zero-order chi connectivity index (χ0) is 18.1. The van der Waals surface area contributed by atoms with Crippen LogP contribution >= 0.6 is 0 Å². The van der Waals surface area contributed by atoms with E-state index in [2.05, 4.69) is 21.1 Å². The third kappa shape index (κ3) is 19.9. The van der Waals surface area contributed by atoms with Crippen molar-refractivity contribution in [1.29, 1.82) is 0 Å². The van der Waals surface area contributed by atoms with Crippen LogP contribution in [0.3, 0.4) is 0 Å². The Bertz CT molecular complexity index is 251. The van der Waals surface area contributed by atoms with Gasteiger partial charge in [0.25, 0.3) is 0 Å². The Balaban J connectivity index is 3.05. The first-order valence-electron chi connectivity index (χ1n) is 10.5. The molecule has 0 fully saturated rings. The van der Waals surface area contributed by atoms with E-state index in [4.69, 9.17) is 5.11 Å². The van der Waals surface area contributed by atoms with Gasteiger partial charge in [-0.1, -0.05) is 77.0 Å². The SMILES string of the molecule is C[N+](C)(C)CCCCCCCCCCCCCCCCC(O)CO. The minimum Gasteiger partial charge on any atom is -0.394 e. The van der Waals surface area contributed by atoms with Crippen LogP contribution in [-0.4, -0.2) is 55.1 Å². The van der Waals surface area contributed by atoms with Crippen LogP contribution in [0.1, 0.15) is 96.3 Å². The number of aliphatic hydroxyl groups excluding tert-OH is 2. The monoisotopic (exact) mass is 344 g/mol. The van der Waals surface area contributed by atoms with E-state index in [1.54, 1.807) is 0 Å². The van der Waals surface area contributed by atoms with Crippen molar-refractivity contribution in [2.24, 2.45) is 0 Å². The Morgan fingerprint density at radius 2 is 0.917 bits per heavy atom. The predicted molar refractivity (Wildman–Crippen MR) is 105 cm³/mol. The topological polar surface area (TPSA) is 40.5 Å². The highest BCUT2D eigenvalue weighted by Gasteiger charge is 2.05. The minimum absolute atomic E-state index is 0.0871. The van der Waals surface area contributed by atoms with E-state index < -0.39 is 6.10 Å². The Kier molecular flexibility index (Phi) is 16.3. The third-order valence-corrected chi connectivity index (χ3v) is 4.83. The van der Waals surface area contributed by atoms with Crippen LogP contribution in [0.5, 0.6) is 0 Å². The molecule has 0 bridgehead atoms. The highest BCUT2D eigenvalue weighted by atomic mass is 16.3. The maximum Gasteiger partial charge on any atom is 0.0780 e. The summed E-state index contributed by atoms with van der Waals surface area (Å²) in [4.78, 5) is 0. The average Bonchev–Trinajstić information content (AvgIpc) is 2.53. The maximum absolute atomic E-state index is 9.24. The molecule has 146 valence electrons. The summed E-state index contributed by atoms with van der Waals surface area (Å²) in [5, 5.41) is 18.0. The minimum atomic E-state index is -0.498. The van der Waals surface area contributed by atoms with Crippen molar-refractivity contribution in [1.82, 2.24) is 0 Å². The summed E-state index contributed by atoms with van der Waals surface area (Å²) in [6.45, 7) is 1.22. The van der Waals surface area contributed by atoms with Crippen molar-refractivity contribution in [3.05, 3.63) is 0 Å². The van der Waals surface area contributed by atoms with Crippen molar-refractivity contribution in [2.45, 2.75) is 102 Å². The lowest BCUT2D eigenvalue weighted by molar-refractivity contribution is -0.870. The normalized spacial score (nSPS) is 13.4.